The summed E-state index contributed by atoms with van der Waals surface area (Å²) in [4.78, 5) is 0. The van der Waals surface area contributed by atoms with Crippen LogP contribution in [0.25, 0.3) is 0 Å². The van der Waals surface area contributed by atoms with Crippen LogP contribution in [0.15, 0.2) is 24.3 Å². The summed E-state index contributed by atoms with van der Waals surface area (Å²) in [7, 11) is -2.38. The molecule has 0 amide bonds. The molecule has 0 aliphatic carbocycles. The average molecular weight is 188 g/mol. The Morgan fingerprint density at radius 3 is 2.00 bits per heavy atom. The lowest BCUT2D eigenvalue weighted by Crippen LogP contribution is -1.87. The van der Waals surface area contributed by atoms with Crippen molar-refractivity contribution in [1.82, 2.24) is 0 Å². The Kier molecular flexibility index (Phi) is 3.22. The molecule has 66 valence electrons. The molecule has 12 heavy (non-hydrogen) atoms. The molecule has 0 unspecified atom stereocenters. The first-order valence-electron chi connectivity index (χ1n) is 3.48. The van der Waals surface area contributed by atoms with Crippen LogP contribution in [0, 0.1) is 0 Å². The van der Waals surface area contributed by atoms with Gasteiger partial charge in [-0.15, -0.1) is 0 Å². The molecule has 0 heterocycles. The largest absolute Gasteiger partial charge is 0.246 e. The molecule has 1 aromatic rings. The normalized spacial score (nSPS) is 10.5. The van der Waals surface area contributed by atoms with Gasteiger partial charge in [0.2, 0.25) is 0 Å². The van der Waals surface area contributed by atoms with Crippen LogP contribution in [0.4, 0.5) is 4.39 Å². The Bertz CT molecular complexity index is 308. The number of hydrogen-bond donors (Lipinski definition) is 1. The smallest absolute Gasteiger partial charge is 0.144 e. The second-order valence-electron chi connectivity index (χ2n) is 2.44. The van der Waals surface area contributed by atoms with Gasteiger partial charge in [-0.05, 0) is 11.1 Å². The van der Waals surface area contributed by atoms with Crippen molar-refractivity contribution in [2.75, 3.05) is 0 Å². The van der Waals surface area contributed by atoms with E-state index in [1.807, 2.05) is 0 Å². The molecule has 0 spiro atoms. The maximum atomic E-state index is 12.0. The quantitative estimate of drug-likeness (QED) is 0.725. The highest BCUT2D eigenvalue weighted by atomic mass is 32.2. The molecule has 1 rings (SSSR count). The molecule has 0 N–H and O–H groups in total. The van der Waals surface area contributed by atoms with Gasteiger partial charge in [0, 0.05) is 0 Å². The maximum absolute atomic E-state index is 12.0. The third-order valence-electron chi connectivity index (χ3n) is 1.49. The highest BCUT2D eigenvalue weighted by Crippen LogP contribution is 2.06. The van der Waals surface area contributed by atoms with Crippen molar-refractivity contribution in [2.45, 2.75) is 12.4 Å². The van der Waals surface area contributed by atoms with Gasteiger partial charge in [0.1, 0.15) is 17.4 Å². The molecule has 0 saturated carbocycles. The standard InChI is InChI=1S/C8H9FO2S/c9-5-7-1-3-8(4-2-7)6-12(10)11/h1-4,12H,5-6H2. The average Bonchev–Trinajstić information content (AvgIpc) is 2.05. The van der Waals surface area contributed by atoms with Crippen molar-refractivity contribution in [3.63, 3.8) is 0 Å². The number of thiol groups is 1. The summed E-state index contributed by atoms with van der Waals surface area (Å²) in [6.07, 6.45) is 0. The minimum atomic E-state index is -2.38. The van der Waals surface area contributed by atoms with E-state index < -0.39 is 17.4 Å². The monoisotopic (exact) mass is 188 g/mol. The number of alkyl halides is 1. The lowest BCUT2D eigenvalue weighted by molar-refractivity contribution is 0.485. The van der Waals surface area contributed by atoms with E-state index in [9.17, 15) is 12.8 Å². The van der Waals surface area contributed by atoms with Gasteiger partial charge in [0.25, 0.3) is 0 Å². The molecule has 0 aliphatic rings. The van der Waals surface area contributed by atoms with Crippen molar-refractivity contribution in [3.8, 4) is 0 Å². The van der Waals surface area contributed by atoms with Gasteiger partial charge in [-0.3, -0.25) is 0 Å². The predicted molar refractivity (Wildman–Crippen MR) is 45.3 cm³/mol. The van der Waals surface area contributed by atoms with Gasteiger partial charge in [-0.25, -0.2) is 12.8 Å². The van der Waals surface area contributed by atoms with Crippen LogP contribution in [0.1, 0.15) is 11.1 Å². The summed E-state index contributed by atoms with van der Waals surface area (Å²) in [6.45, 7) is -0.510. The first kappa shape index (κ1) is 9.19. The van der Waals surface area contributed by atoms with Crippen molar-refractivity contribution < 1.29 is 12.8 Å². The van der Waals surface area contributed by atoms with Gasteiger partial charge < -0.3 is 0 Å². The van der Waals surface area contributed by atoms with Gasteiger partial charge in [0.05, 0.1) is 5.75 Å². The van der Waals surface area contributed by atoms with E-state index in [2.05, 4.69) is 0 Å². The van der Waals surface area contributed by atoms with E-state index in [0.717, 1.165) is 0 Å². The first-order valence-corrected chi connectivity index (χ1v) is 4.84. The minimum Gasteiger partial charge on any atom is -0.246 e. The van der Waals surface area contributed by atoms with Crippen LogP contribution < -0.4 is 0 Å². The Labute approximate surface area is 72.0 Å². The molecular weight excluding hydrogens is 179 g/mol. The first-order chi connectivity index (χ1) is 5.72. The summed E-state index contributed by atoms with van der Waals surface area (Å²) < 4.78 is 32.6. The fraction of sp³-hybridized carbons (Fsp3) is 0.250. The zero-order valence-electron chi connectivity index (χ0n) is 6.37. The fourth-order valence-corrected chi connectivity index (χ4v) is 1.39. The molecule has 0 saturated heterocycles. The molecule has 0 radical (unpaired) electrons. The molecule has 0 bridgehead atoms. The second kappa shape index (κ2) is 4.21. The maximum Gasteiger partial charge on any atom is 0.144 e. The van der Waals surface area contributed by atoms with Crippen molar-refractivity contribution >= 4 is 10.7 Å². The number of halogens is 1. The molecular formula is C8H9FO2S. The van der Waals surface area contributed by atoms with E-state index in [0.29, 0.717) is 11.1 Å². The minimum absolute atomic E-state index is 0.0297. The second-order valence-corrected chi connectivity index (χ2v) is 3.42. The van der Waals surface area contributed by atoms with Crippen LogP contribution in [0.5, 0.6) is 0 Å². The van der Waals surface area contributed by atoms with Crippen LogP contribution in [0.2, 0.25) is 0 Å². The molecule has 0 atom stereocenters. The molecule has 4 heteroatoms. The van der Waals surface area contributed by atoms with Crippen LogP contribution in [0.3, 0.4) is 0 Å². The Morgan fingerprint density at radius 2 is 1.58 bits per heavy atom. The zero-order valence-corrected chi connectivity index (χ0v) is 7.26. The summed E-state index contributed by atoms with van der Waals surface area (Å²) >= 11 is 0. The van der Waals surface area contributed by atoms with E-state index in [-0.39, 0.29) is 5.75 Å². The Morgan fingerprint density at radius 1 is 1.08 bits per heavy atom. The van der Waals surface area contributed by atoms with Crippen molar-refractivity contribution in [3.05, 3.63) is 35.4 Å². The fourth-order valence-electron chi connectivity index (χ4n) is 0.883. The Hall–Kier alpha value is -0.900. The highest BCUT2D eigenvalue weighted by Gasteiger charge is 1.94. The number of hydrogen-bond acceptors (Lipinski definition) is 2. The topological polar surface area (TPSA) is 34.1 Å². The lowest BCUT2D eigenvalue weighted by Gasteiger charge is -1.96. The number of benzene rings is 1. The van der Waals surface area contributed by atoms with E-state index in [1.54, 1.807) is 24.3 Å². The van der Waals surface area contributed by atoms with Gasteiger partial charge in [0.15, 0.2) is 0 Å². The van der Waals surface area contributed by atoms with Crippen molar-refractivity contribution in [1.29, 1.82) is 0 Å². The molecule has 2 nitrogen and oxygen atoms in total. The van der Waals surface area contributed by atoms with Gasteiger partial charge in [-0.1, -0.05) is 24.3 Å². The molecule has 0 aliphatic heterocycles. The molecule has 0 aromatic heterocycles. The van der Waals surface area contributed by atoms with Crippen molar-refractivity contribution in [2.24, 2.45) is 0 Å². The molecule has 0 fully saturated rings. The Balaban J connectivity index is 2.77. The van der Waals surface area contributed by atoms with E-state index in [1.165, 1.54) is 0 Å². The van der Waals surface area contributed by atoms with E-state index in [4.69, 9.17) is 0 Å². The SMILES string of the molecule is O=[SH](=O)Cc1ccc(CF)cc1. The molecule has 1 aromatic carbocycles. The van der Waals surface area contributed by atoms with E-state index >= 15 is 0 Å². The number of rotatable bonds is 3. The van der Waals surface area contributed by atoms with Crippen LogP contribution in [-0.4, -0.2) is 8.42 Å². The van der Waals surface area contributed by atoms with Gasteiger partial charge >= 0.3 is 0 Å². The zero-order chi connectivity index (χ0) is 8.97. The van der Waals surface area contributed by atoms with Gasteiger partial charge in [-0.2, -0.15) is 0 Å². The van der Waals surface area contributed by atoms with Crippen LogP contribution in [-0.2, 0) is 23.1 Å². The summed E-state index contributed by atoms with van der Waals surface area (Å²) in [5, 5.41) is 0. The predicted octanol–water partition coefficient (Wildman–Crippen LogP) is 1.27. The lowest BCUT2D eigenvalue weighted by atomic mass is 10.2. The third kappa shape index (κ3) is 2.62. The summed E-state index contributed by atoms with van der Waals surface area (Å²) in [6, 6.07) is 6.43. The van der Waals surface area contributed by atoms with Crippen LogP contribution >= 0.6 is 0 Å². The highest BCUT2D eigenvalue weighted by molar-refractivity contribution is 7.71. The summed E-state index contributed by atoms with van der Waals surface area (Å²) in [5.74, 6) is 0.0297. The third-order valence-corrected chi connectivity index (χ3v) is 2.11. The summed E-state index contributed by atoms with van der Waals surface area (Å²) in [5.41, 5.74) is 1.27.